The summed E-state index contributed by atoms with van der Waals surface area (Å²) in [5.74, 6) is 0.123. The van der Waals surface area contributed by atoms with Crippen LogP contribution >= 0.6 is 11.3 Å². The van der Waals surface area contributed by atoms with Crippen LogP contribution in [0, 0.1) is 20.8 Å². The third kappa shape index (κ3) is 3.56. The fourth-order valence-corrected chi connectivity index (χ4v) is 4.62. The minimum Gasteiger partial charge on any atom is -0.467 e. The minimum atomic E-state index is 0.118. The number of thiazole rings is 1. The number of hydrogen-bond donors (Lipinski definition) is 0. The van der Waals surface area contributed by atoms with E-state index in [1.807, 2.05) is 36.1 Å². The lowest BCUT2D eigenvalue weighted by Crippen LogP contribution is -2.42. The van der Waals surface area contributed by atoms with Gasteiger partial charge in [-0.3, -0.25) is 4.79 Å². The van der Waals surface area contributed by atoms with E-state index in [-0.39, 0.29) is 12.0 Å². The second kappa shape index (κ2) is 7.31. The highest BCUT2D eigenvalue weighted by Gasteiger charge is 2.26. The van der Waals surface area contributed by atoms with Crippen molar-refractivity contribution in [3.63, 3.8) is 0 Å². The predicted octanol–water partition coefficient (Wildman–Crippen LogP) is 4.91. The van der Waals surface area contributed by atoms with E-state index in [0.29, 0.717) is 0 Å². The van der Waals surface area contributed by atoms with Crippen molar-refractivity contribution >= 4 is 27.5 Å². The van der Waals surface area contributed by atoms with Crippen LogP contribution in [0.5, 0.6) is 5.19 Å². The molecule has 0 radical (unpaired) electrons. The lowest BCUT2D eigenvalue weighted by atomic mass is 10.0. The van der Waals surface area contributed by atoms with E-state index in [1.165, 1.54) is 15.8 Å². The number of carbonyl (C=O) groups is 1. The maximum absolute atomic E-state index is 12.8. The Bertz CT molecular complexity index is 948. The van der Waals surface area contributed by atoms with Gasteiger partial charge in [0.25, 0.3) is 11.1 Å². The molecule has 5 heteroatoms. The standard InChI is InChI=1S/C22H24N2O2S/c1-14-6-4-5-7-18(14)21(25)24-12-10-17(11-13-24)26-22-23-19-15(2)8-9-16(3)20(19)27-22/h4-9,17H,10-13H2,1-3H3. The molecule has 140 valence electrons. The number of aromatic nitrogens is 1. The molecule has 1 aliphatic heterocycles. The number of nitrogens with zero attached hydrogens (tertiary/aromatic N) is 2. The molecule has 0 unspecified atom stereocenters. The Morgan fingerprint density at radius 1 is 1.04 bits per heavy atom. The molecule has 1 amide bonds. The maximum atomic E-state index is 12.8. The van der Waals surface area contributed by atoms with Gasteiger partial charge in [-0.2, -0.15) is 0 Å². The summed E-state index contributed by atoms with van der Waals surface area (Å²) in [5, 5.41) is 0.742. The van der Waals surface area contributed by atoms with Crippen LogP contribution in [0.1, 0.15) is 39.9 Å². The highest BCUT2D eigenvalue weighted by atomic mass is 32.1. The van der Waals surface area contributed by atoms with Crippen molar-refractivity contribution in [3.05, 3.63) is 58.7 Å². The van der Waals surface area contributed by atoms with Crippen LogP contribution in [0.15, 0.2) is 36.4 Å². The first-order valence-electron chi connectivity index (χ1n) is 9.41. The van der Waals surface area contributed by atoms with Gasteiger partial charge >= 0.3 is 0 Å². The Morgan fingerprint density at radius 3 is 2.44 bits per heavy atom. The number of amides is 1. The fraction of sp³-hybridized carbons (Fsp3) is 0.364. The average molecular weight is 381 g/mol. The second-order valence-electron chi connectivity index (χ2n) is 7.28. The number of piperidine rings is 1. The largest absolute Gasteiger partial charge is 0.467 e. The highest BCUT2D eigenvalue weighted by Crippen LogP contribution is 2.33. The Morgan fingerprint density at radius 2 is 1.74 bits per heavy atom. The van der Waals surface area contributed by atoms with Crippen LogP contribution in [0.3, 0.4) is 0 Å². The molecule has 3 aromatic rings. The van der Waals surface area contributed by atoms with Gasteiger partial charge in [0.15, 0.2) is 0 Å². The molecule has 0 atom stereocenters. The SMILES string of the molecule is Cc1ccccc1C(=O)N1CCC(Oc2nc3c(C)ccc(C)c3s2)CC1. The van der Waals surface area contributed by atoms with Gasteiger partial charge in [0.05, 0.1) is 10.2 Å². The van der Waals surface area contributed by atoms with E-state index in [0.717, 1.165) is 47.8 Å². The van der Waals surface area contributed by atoms with E-state index >= 15 is 0 Å². The number of ether oxygens (including phenoxy) is 1. The summed E-state index contributed by atoms with van der Waals surface area (Å²) >= 11 is 1.62. The van der Waals surface area contributed by atoms with Crippen LogP contribution in [-0.4, -0.2) is 35.0 Å². The molecule has 0 saturated carbocycles. The molecule has 0 N–H and O–H groups in total. The van der Waals surface area contributed by atoms with E-state index in [4.69, 9.17) is 9.72 Å². The van der Waals surface area contributed by atoms with Crippen LogP contribution in [-0.2, 0) is 0 Å². The molecular formula is C22H24N2O2S. The third-order valence-electron chi connectivity index (χ3n) is 5.29. The number of rotatable bonds is 3. The summed E-state index contributed by atoms with van der Waals surface area (Å²) in [6.45, 7) is 7.63. The lowest BCUT2D eigenvalue weighted by molar-refractivity contribution is 0.0595. The third-order valence-corrected chi connectivity index (χ3v) is 6.38. The zero-order chi connectivity index (χ0) is 19.0. The number of likely N-dealkylation sites (tertiary alicyclic amines) is 1. The first kappa shape index (κ1) is 18.0. The van der Waals surface area contributed by atoms with Crippen molar-refractivity contribution in [2.45, 2.75) is 39.7 Å². The van der Waals surface area contributed by atoms with Gasteiger partial charge in [0.2, 0.25) is 0 Å². The highest BCUT2D eigenvalue weighted by molar-refractivity contribution is 7.20. The molecule has 4 nitrogen and oxygen atoms in total. The molecule has 4 rings (SSSR count). The minimum absolute atomic E-state index is 0.118. The van der Waals surface area contributed by atoms with Gasteiger partial charge in [0.1, 0.15) is 6.10 Å². The Hall–Kier alpha value is -2.40. The Labute approximate surface area is 163 Å². The Kier molecular flexibility index (Phi) is 4.87. The quantitative estimate of drug-likeness (QED) is 0.649. The summed E-state index contributed by atoms with van der Waals surface area (Å²) in [4.78, 5) is 19.4. The average Bonchev–Trinajstić information content (AvgIpc) is 3.10. The molecular weight excluding hydrogens is 356 g/mol. The van der Waals surface area contributed by atoms with Crippen molar-refractivity contribution in [2.24, 2.45) is 0 Å². The fourth-order valence-electron chi connectivity index (χ4n) is 3.59. The van der Waals surface area contributed by atoms with Gasteiger partial charge in [-0.25, -0.2) is 4.98 Å². The zero-order valence-electron chi connectivity index (χ0n) is 16.0. The summed E-state index contributed by atoms with van der Waals surface area (Å²) in [6.07, 6.45) is 1.80. The molecule has 2 aromatic carbocycles. The van der Waals surface area contributed by atoms with Crippen molar-refractivity contribution in [3.8, 4) is 5.19 Å². The molecule has 0 spiro atoms. The van der Waals surface area contributed by atoms with Crippen molar-refractivity contribution in [1.82, 2.24) is 9.88 Å². The molecule has 0 aliphatic carbocycles. The number of aryl methyl sites for hydroxylation is 3. The van der Waals surface area contributed by atoms with Crippen molar-refractivity contribution < 1.29 is 9.53 Å². The summed E-state index contributed by atoms with van der Waals surface area (Å²) < 4.78 is 7.38. The molecule has 1 saturated heterocycles. The van der Waals surface area contributed by atoms with Crippen LogP contribution in [0.2, 0.25) is 0 Å². The predicted molar refractivity (Wildman–Crippen MR) is 110 cm³/mol. The van der Waals surface area contributed by atoms with Gasteiger partial charge in [0, 0.05) is 31.5 Å². The van der Waals surface area contributed by atoms with Gasteiger partial charge in [-0.05, 0) is 43.5 Å². The summed E-state index contributed by atoms with van der Waals surface area (Å²) in [6, 6.07) is 12.0. The molecule has 27 heavy (non-hydrogen) atoms. The van der Waals surface area contributed by atoms with E-state index in [2.05, 4.69) is 26.0 Å². The number of fused-ring (bicyclic) bond motifs is 1. The van der Waals surface area contributed by atoms with E-state index < -0.39 is 0 Å². The summed E-state index contributed by atoms with van der Waals surface area (Å²) in [7, 11) is 0. The first-order valence-corrected chi connectivity index (χ1v) is 10.2. The number of benzene rings is 2. The summed E-state index contributed by atoms with van der Waals surface area (Å²) in [5.41, 5.74) is 5.29. The van der Waals surface area contributed by atoms with Crippen LogP contribution in [0.4, 0.5) is 0 Å². The maximum Gasteiger partial charge on any atom is 0.274 e. The number of carbonyl (C=O) groups excluding carboxylic acids is 1. The van der Waals surface area contributed by atoms with Gasteiger partial charge < -0.3 is 9.64 Å². The first-order chi connectivity index (χ1) is 13.0. The van der Waals surface area contributed by atoms with Crippen molar-refractivity contribution in [2.75, 3.05) is 13.1 Å². The van der Waals surface area contributed by atoms with Crippen LogP contribution in [0.25, 0.3) is 10.2 Å². The van der Waals surface area contributed by atoms with Crippen molar-refractivity contribution in [1.29, 1.82) is 0 Å². The monoisotopic (exact) mass is 380 g/mol. The van der Waals surface area contributed by atoms with Crippen LogP contribution < -0.4 is 4.74 Å². The normalized spacial score (nSPS) is 15.3. The molecule has 2 heterocycles. The molecule has 0 bridgehead atoms. The lowest BCUT2D eigenvalue weighted by Gasteiger charge is -2.32. The topological polar surface area (TPSA) is 42.4 Å². The zero-order valence-corrected chi connectivity index (χ0v) is 16.8. The van der Waals surface area contributed by atoms with Gasteiger partial charge in [-0.1, -0.05) is 41.7 Å². The molecule has 1 aliphatic rings. The van der Waals surface area contributed by atoms with E-state index in [9.17, 15) is 4.79 Å². The molecule has 1 fully saturated rings. The second-order valence-corrected chi connectivity index (χ2v) is 8.24. The number of hydrogen-bond acceptors (Lipinski definition) is 4. The molecule has 1 aromatic heterocycles. The smallest absolute Gasteiger partial charge is 0.274 e. The Balaban J connectivity index is 1.41. The van der Waals surface area contributed by atoms with Gasteiger partial charge in [-0.15, -0.1) is 0 Å². The van der Waals surface area contributed by atoms with E-state index in [1.54, 1.807) is 11.3 Å².